The van der Waals surface area contributed by atoms with Gasteiger partial charge in [0.25, 0.3) is 11.8 Å². The van der Waals surface area contributed by atoms with Crippen LogP contribution in [0.5, 0.6) is 0 Å². The molecule has 2 amide bonds. The van der Waals surface area contributed by atoms with Crippen molar-refractivity contribution in [3.63, 3.8) is 0 Å². The number of halogens is 2. The number of carbonyl (C=O) groups excluding carboxylic acids is 2. The molecule has 0 fully saturated rings. The Labute approximate surface area is 129 Å². The Hall–Kier alpha value is -1.49. The van der Waals surface area contributed by atoms with Crippen LogP contribution >= 0.6 is 22.6 Å². The van der Waals surface area contributed by atoms with E-state index in [9.17, 15) is 19.2 Å². The summed E-state index contributed by atoms with van der Waals surface area (Å²) in [6, 6.07) is 8.17. The zero-order valence-corrected chi connectivity index (χ0v) is 12.8. The zero-order valence-electron chi connectivity index (χ0n) is 10.6. The number of carbonyl (C=O) groups is 2. The minimum atomic E-state index is -1.70. The Kier molecular flexibility index (Phi) is 4.38. The smallest absolute Gasteiger partial charge is 0.263 e. The minimum absolute atomic E-state index is 0.147. The lowest BCUT2D eigenvalue weighted by Gasteiger charge is -2.31. The Morgan fingerprint density at radius 1 is 1.25 bits per heavy atom. The normalized spacial score (nSPS) is 16.8. The number of imide groups is 1. The van der Waals surface area contributed by atoms with Crippen LogP contribution in [0.1, 0.15) is 33.6 Å². The van der Waals surface area contributed by atoms with Crippen LogP contribution in [0.25, 0.3) is 0 Å². The largest absolute Gasteiger partial charge is 0.269 e. The lowest BCUT2D eigenvalue weighted by Crippen LogP contribution is -2.52. The monoisotopic (exact) mass is 386 g/mol. The molecule has 104 valence electrons. The molecule has 0 N–H and O–H groups in total. The van der Waals surface area contributed by atoms with E-state index < -0.39 is 24.0 Å². The number of hydrogen-bond acceptors (Lipinski definition) is 3. The first-order valence-corrected chi connectivity index (χ1v) is 7.65. The van der Waals surface area contributed by atoms with Crippen molar-refractivity contribution in [2.75, 3.05) is 11.1 Å². The van der Waals surface area contributed by atoms with Crippen molar-refractivity contribution in [1.29, 1.82) is 5.26 Å². The van der Waals surface area contributed by atoms with Crippen molar-refractivity contribution < 1.29 is 14.0 Å². The Morgan fingerprint density at radius 2 is 1.80 bits per heavy atom. The standard InChI is InChI=1S/C14H12FIN2O2/c15-8-14(9-17,6-3-7-16)18-12(19)10-4-1-2-5-11(10)13(18)20/h1-2,4-5H,3,6-8H2. The first-order chi connectivity index (χ1) is 9.61. The summed E-state index contributed by atoms with van der Waals surface area (Å²) in [6.45, 7) is -1.05. The molecule has 0 bridgehead atoms. The van der Waals surface area contributed by atoms with Crippen LogP contribution in [0, 0.1) is 11.3 Å². The Bertz CT molecular complexity index is 564. The minimum Gasteiger partial charge on any atom is -0.269 e. The van der Waals surface area contributed by atoms with Crippen molar-refractivity contribution in [2.24, 2.45) is 0 Å². The first-order valence-electron chi connectivity index (χ1n) is 6.12. The van der Waals surface area contributed by atoms with Gasteiger partial charge in [0.05, 0.1) is 17.2 Å². The third kappa shape index (κ3) is 2.20. The maximum absolute atomic E-state index is 13.5. The molecule has 2 rings (SSSR count). The quantitative estimate of drug-likeness (QED) is 0.444. The lowest BCUT2D eigenvalue weighted by molar-refractivity contribution is 0.0451. The fraction of sp³-hybridized carbons (Fsp3) is 0.357. The second-order valence-electron chi connectivity index (χ2n) is 4.56. The lowest BCUT2D eigenvalue weighted by atomic mass is 9.94. The molecule has 1 aliphatic rings. The summed E-state index contributed by atoms with van der Waals surface area (Å²) < 4.78 is 14.2. The molecular formula is C14H12FIN2O2. The summed E-state index contributed by atoms with van der Waals surface area (Å²) in [5, 5.41) is 9.34. The Balaban J connectivity index is 2.45. The summed E-state index contributed by atoms with van der Waals surface area (Å²) in [7, 11) is 0. The number of amides is 2. The van der Waals surface area contributed by atoms with Gasteiger partial charge < -0.3 is 0 Å². The van der Waals surface area contributed by atoms with Gasteiger partial charge >= 0.3 is 0 Å². The molecule has 1 aliphatic heterocycles. The molecule has 1 heterocycles. The van der Waals surface area contributed by atoms with E-state index in [1.807, 2.05) is 6.07 Å². The van der Waals surface area contributed by atoms with Gasteiger partial charge in [-0.2, -0.15) is 5.26 Å². The fourth-order valence-electron chi connectivity index (χ4n) is 2.31. The summed E-state index contributed by atoms with van der Waals surface area (Å²) >= 11 is 2.11. The highest BCUT2D eigenvalue weighted by Gasteiger charge is 2.49. The highest BCUT2D eigenvalue weighted by atomic mass is 127. The van der Waals surface area contributed by atoms with Gasteiger partial charge in [-0.05, 0) is 29.4 Å². The van der Waals surface area contributed by atoms with Crippen LogP contribution in [0.2, 0.25) is 0 Å². The summed E-state index contributed by atoms with van der Waals surface area (Å²) in [4.78, 5) is 25.4. The summed E-state index contributed by atoms with van der Waals surface area (Å²) in [6.07, 6.45) is 0.708. The zero-order chi connectivity index (χ0) is 14.8. The number of nitriles is 1. The van der Waals surface area contributed by atoms with Gasteiger partial charge in [-0.3, -0.25) is 14.5 Å². The summed E-state index contributed by atoms with van der Waals surface area (Å²) in [5.41, 5.74) is -1.22. The van der Waals surface area contributed by atoms with Crippen LogP contribution < -0.4 is 0 Å². The van der Waals surface area contributed by atoms with Gasteiger partial charge in [-0.25, -0.2) is 4.39 Å². The van der Waals surface area contributed by atoms with Gasteiger partial charge in [0, 0.05) is 0 Å². The van der Waals surface area contributed by atoms with Crippen LogP contribution in [-0.2, 0) is 0 Å². The van der Waals surface area contributed by atoms with Crippen LogP contribution in [0.15, 0.2) is 24.3 Å². The molecule has 1 aromatic carbocycles. The number of benzene rings is 1. The number of hydrogen-bond donors (Lipinski definition) is 0. The topological polar surface area (TPSA) is 61.2 Å². The molecule has 6 heteroatoms. The molecule has 20 heavy (non-hydrogen) atoms. The van der Waals surface area contributed by atoms with Gasteiger partial charge in [0.2, 0.25) is 0 Å². The maximum Gasteiger partial charge on any atom is 0.263 e. The SMILES string of the molecule is N#CC(CF)(CCCI)N1C(=O)c2ccccc2C1=O. The predicted octanol–water partition coefficient (Wildman–Crippen LogP) is 2.73. The third-order valence-corrected chi connectivity index (χ3v) is 4.14. The molecule has 0 aromatic heterocycles. The van der Waals surface area contributed by atoms with Crippen molar-refractivity contribution >= 4 is 34.4 Å². The molecule has 0 spiro atoms. The van der Waals surface area contributed by atoms with E-state index in [0.29, 0.717) is 6.42 Å². The number of rotatable bonds is 5. The molecule has 1 atom stereocenters. The van der Waals surface area contributed by atoms with Crippen LogP contribution in [-0.4, -0.2) is 33.4 Å². The Morgan fingerprint density at radius 3 is 2.20 bits per heavy atom. The van der Waals surface area contributed by atoms with Crippen molar-refractivity contribution in [2.45, 2.75) is 18.4 Å². The van der Waals surface area contributed by atoms with E-state index >= 15 is 0 Å². The predicted molar refractivity (Wildman–Crippen MR) is 79.4 cm³/mol. The van der Waals surface area contributed by atoms with Gasteiger partial charge in [0.1, 0.15) is 6.67 Å². The average Bonchev–Trinajstić information content (AvgIpc) is 2.75. The first kappa shape index (κ1) is 14.9. The number of alkyl halides is 2. The molecule has 4 nitrogen and oxygen atoms in total. The van der Waals surface area contributed by atoms with Crippen LogP contribution in [0.3, 0.4) is 0 Å². The highest BCUT2D eigenvalue weighted by molar-refractivity contribution is 14.1. The molecular weight excluding hydrogens is 374 g/mol. The third-order valence-electron chi connectivity index (χ3n) is 3.38. The van der Waals surface area contributed by atoms with Gasteiger partial charge in [-0.15, -0.1) is 0 Å². The van der Waals surface area contributed by atoms with E-state index in [1.54, 1.807) is 12.1 Å². The second kappa shape index (κ2) is 5.87. The molecule has 0 radical (unpaired) electrons. The number of fused-ring (bicyclic) bond motifs is 1. The van der Waals surface area contributed by atoms with E-state index in [1.165, 1.54) is 12.1 Å². The van der Waals surface area contributed by atoms with E-state index in [4.69, 9.17) is 0 Å². The molecule has 1 aromatic rings. The van der Waals surface area contributed by atoms with E-state index in [0.717, 1.165) is 9.33 Å². The van der Waals surface area contributed by atoms with Gasteiger partial charge in [-0.1, -0.05) is 34.7 Å². The maximum atomic E-state index is 13.5. The van der Waals surface area contributed by atoms with E-state index in [-0.39, 0.29) is 17.5 Å². The van der Waals surface area contributed by atoms with Crippen molar-refractivity contribution in [1.82, 2.24) is 4.90 Å². The molecule has 1 unspecified atom stereocenters. The molecule has 0 saturated heterocycles. The van der Waals surface area contributed by atoms with Crippen molar-refractivity contribution in [3.8, 4) is 6.07 Å². The summed E-state index contributed by atoms with van der Waals surface area (Å²) in [5.74, 6) is -1.17. The molecule has 0 aliphatic carbocycles. The van der Waals surface area contributed by atoms with E-state index in [2.05, 4.69) is 22.6 Å². The number of nitrogens with zero attached hydrogens (tertiary/aromatic N) is 2. The fourth-order valence-corrected chi connectivity index (χ4v) is 2.69. The average molecular weight is 386 g/mol. The highest BCUT2D eigenvalue weighted by Crippen LogP contribution is 2.32. The second-order valence-corrected chi connectivity index (χ2v) is 5.64. The van der Waals surface area contributed by atoms with Crippen molar-refractivity contribution in [3.05, 3.63) is 35.4 Å². The molecule has 0 saturated carbocycles. The van der Waals surface area contributed by atoms with Gasteiger partial charge in [0.15, 0.2) is 5.54 Å². The van der Waals surface area contributed by atoms with Crippen LogP contribution in [0.4, 0.5) is 4.39 Å².